The van der Waals surface area contributed by atoms with Crippen molar-refractivity contribution in [2.45, 2.75) is 58.2 Å². The molecule has 0 aromatic rings. The Morgan fingerprint density at radius 2 is 2.11 bits per heavy atom. The summed E-state index contributed by atoms with van der Waals surface area (Å²) in [6, 6.07) is 0. The van der Waals surface area contributed by atoms with E-state index in [4.69, 9.17) is 4.74 Å². The molecule has 1 heterocycles. The van der Waals surface area contributed by atoms with Gasteiger partial charge in [0.2, 0.25) is 5.91 Å². The third kappa shape index (κ3) is 3.69. The summed E-state index contributed by atoms with van der Waals surface area (Å²) in [4.78, 5) is 14.2. The predicted molar refractivity (Wildman–Crippen MR) is 73.7 cm³/mol. The highest BCUT2D eigenvalue weighted by Crippen LogP contribution is 2.33. The van der Waals surface area contributed by atoms with Gasteiger partial charge in [0.25, 0.3) is 0 Å². The van der Waals surface area contributed by atoms with Crippen LogP contribution in [0, 0.1) is 11.8 Å². The van der Waals surface area contributed by atoms with E-state index in [1.54, 1.807) is 0 Å². The van der Waals surface area contributed by atoms with Gasteiger partial charge in [0.05, 0.1) is 12.2 Å². The van der Waals surface area contributed by atoms with Gasteiger partial charge in [0.15, 0.2) is 0 Å². The van der Waals surface area contributed by atoms with Gasteiger partial charge in [0.1, 0.15) is 0 Å². The molecule has 2 unspecified atom stereocenters. The molecule has 2 aliphatic rings. The van der Waals surface area contributed by atoms with E-state index in [1.165, 1.54) is 0 Å². The minimum Gasteiger partial charge on any atom is -0.393 e. The van der Waals surface area contributed by atoms with Crippen LogP contribution in [0.3, 0.4) is 0 Å². The van der Waals surface area contributed by atoms with Crippen LogP contribution >= 0.6 is 0 Å². The van der Waals surface area contributed by atoms with Crippen LogP contribution in [-0.2, 0) is 9.53 Å². The highest BCUT2D eigenvalue weighted by Gasteiger charge is 2.34. The van der Waals surface area contributed by atoms with Crippen molar-refractivity contribution in [2.75, 3.05) is 19.7 Å². The number of hydrogen-bond donors (Lipinski definition) is 1. The van der Waals surface area contributed by atoms with Crippen LogP contribution < -0.4 is 0 Å². The van der Waals surface area contributed by atoms with E-state index in [9.17, 15) is 9.90 Å². The van der Waals surface area contributed by atoms with E-state index < -0.39 is 0 Å². The summed E-state index contributed by atoms with van der Waals surface area (Å²) >= 11 is 0. The number of carbonyl (C=O) groups excluding carboxylic acids is 1. The van der Waals surface area contributed by atoms with Crippen LogP contribution in [0.25, 0.3) is 0 Å². The molecule has 2 fully saturated rings. The number of piperidine rings is 1. The summed E-state index contributed by atoms with van der Waals surface area (Å²) < 4.78 is 5.53. The molecule has 1 aliphatic heterocycles. The lowest BCUT2D eigenvalue weighted by atomic mass is 9.79. The first-order valence-corrected chi connectivity index (χ1v) is 7.71. The topological polar surface area (TPSA) is 49.8 Å². The number of amides is 1. The van der Waals surface area contributed by atoms with E-state index in [-0.39, 0.29) is 17.9 Å². The molecule has 2 rings (SSSR count). The van der Waals surface area contributed by atoms with E-state index in [0.717, 1.165) is 45.4 Å². The third-order valence-electron chi connectivity index (χ3n) is 4.63. The molecule has 19 heavy (non-hydrogen) atoms. The molecule has 0 radical (unpaired) electrons. The fraction of sp³-hybridized carbons (Fsp3) is 0.933. The SMILES string of the molecule is CCOC1CC(CC(=O)N2CCC(O)C(CC)C2)C1. The second kappa shape index (κ2) is 6.71. The van der Waals surface area contributed by atoms with Gasteiger partial charge in [-0.2, -0.15) is 0 Å². The molecule has 0 spiro atoms. The normalized spacial score (nSPS) is 35.0. The first-order valence-electron chi connectivity index (χ1n) is 7.71. The van der Waals surface area contributed by atoms with Crippen molar-refractivity contribution in [3.8, 4) is 0 Å². The van der Waals surface area contributed by atoms with Gasteiger partial charge in [0, 0.05) is 32.0 Å². The van der Waals surface area contributed by atoms with Crippen molar-refractivity contribution in [1.29, 1.82) is 0 Å². The number of aliphatic hydroxyl groups excluding tert-OH is 1. The predicted octanol–water partition coefficient (Wildman–Crippen LogP) is 1.81. The summed E-state index contributed by atoms with van der Waals surface area (Å²) in [5, 5.41) is 9.85. The molecule has 4 nitrogen and oxygen atoms in total. The molecule has 1 saturated heterocycles. The van der Waals surface area contributed by atoms with E-state index >= 15 is 0 Å². The van der Waals surface area contributed by atoms with Gasteiger partial charge < -0.3 is 14.7 Å². The van der Waals surface area contributed by atoms with Crippen molar-refractivity contribution in [1.82, 2.24) is 4.90 Å². The van der Waals surface area contributed by atoms with E-state index in [2.05, 4.69) is 6.92 Å². The molecule has 0 bridgehead atoms. The molecule has 1 N–H and O–H groups in total. The Morgan fingerprint density at radius 1 is 1.37 bits per heavy atom. The zero-order chi connectivity index (χ0) is 13.8. The summed E-state index contributed by atoms with van der Waals surface area (Å²) in [5.74, 6) is 1.04. The fourth-order valence-corrected chi connectivity index (χ4v) is 3.24. The summed E-state index contributed by atoms with van der Waals surface area (Å²) in [5.41, 5.74) is 0. The summed E-state index contributed by atoms with van der Waals surface area (Å²) in [6.45, 7) is 6.33. The minimum absolute atomic E-state index is 0.222. The smallest absolute Gasteiger partial charge is 0.222 e. The van der Waals surface area contributed by atoms with Crippen LogP contribution in [0.1, 0.15) is 46.0 Å². The van der Waals surface area contributed by atoms with Crippen LogP contribution in [0.5, 0.6) is 0 Å². The fourth-order valence-electron chi connectivity index (χ4n) is 3.24. The van der Waals surface area contributed by atoms with E-state index in [0.29, 0.717) is 18.4 Å². The molecule has 1 aliphatic carbocycles. The number of aliphatic hydroxyl groups is 1. The number of ether oxygens (including phenoxy) is 1. The monoisotopic (exact) mass is 269 g/mol. The zero-order valence-corrected chi connectivity index (χ0v) is 12.2. The Hall–Kier alpha value is -0.610. The van der Waals surface area contributed by atoms with Gasteiger partial charge in [-0.3, -0.25) is 4.79 Å². The Morgan fingerprint density at radius 3 is 2.74 bits per heavy atom. The van der Waals surface area contributed by atoms with Crippen molar-refractivity contribution >= 4 is 5.91 Å². The quantitative estimate of drug-likeness (QED) is 0.828. The van der Waals surface area contributed by atoms with Crippen molar-refractivity contribution in [3.63, 3.8) is 0 Å². The van der Waals surface area contributed by atoms with Gasteiger partial charge in [-0.05, 0) is 38.5 Å². The maximum atomic E-state index is 12.2. The van der Waals surface area contributed by atoms with Gasteiger partial charge in [-0.25, -0.2) is 0 Å². The largest absolute Gasteiger partial charge is 0.393 e. The standard InChI is InChI=1S/C15H27NO3/c1-3-12-10-16(6-5-14(12)17)15(18)9-11-7-13(8-11)19-4-2/h11-14,17H,3-10H2,1-2H3. The third-order valence-corrected chi connectivity index (χ3v) is 4.63. The van der Waals surface area contributed by atoms with Gasteiger partial charge >= 0.3 is 0 Å². The average Bonchev–Trinajstić information content (AvgIpc) is 2.36. The van der Waals surface area contributed by atoms with Crippen molar-refractivity contribution in [2.24, 2.45) is 11.8 Å². The van der Waals surface area contributed by atoms with Crippen LogP contribution in [0.15, 0.2) is 0 Å². The lowest BCUT2D eigenvalue weighted by molar-refractivity contribution is -0.138. The Labute approximate surface area is 116 Å². The van der Waals surface area contributed by atoms with E-state index in [1.807, 2.05) is 11.8 Å². The van der Waals surface area contributed by atoms with Crippen molar-refractivity contribution < 1.29 is 14.6 Å². The maximum Gasteiger partial charge on any atom is 0.222 e. The number of likely N-dealkylation sites (tertiary alicyclic amines) is 1. The molecular formula is C15H27NO3. The first-order chi connectivity index (χ1) is 9.13. The zero-order valence-electron chi connectivity index (χ0n) is 12.2. The number of hydrogen-bond acceptors (Lipinski definition) is 3. The van der Waals surface area contributed by atoms with Crippen LogP contribution in [-0.4, -0.2) is 47.8 Å². The Balaban J connectivity index is 1.72. The molecule has 2 atom stereocenters. The molecule has 4 heteroatoms. The second-order valence-electron chi connectivity index (χ2n) is 5.98. The molecular weight excluding hydrogens is 242 g/mol. The van der Waals surface area contributed by atoms with Crippen LogP contribution in [0.2, 0.25) is 0 Å². The number of carbonyl (C=O) groups is 1. The second-order valence-corrected chi connectivity index (χ2v) is 5.98. The summed E-state index contributed by atoms with van der Waals surface area (Å²) in [7, 11) is 0. The molecule has 0 aromatic carbocycles. The highest BCUT2D eigenvalue weighted by atomic mass is 16.5. The molecule has 1 saturated carbocycles. The van der Waals surface area contributed by atoms with Gasteiger partial charge in [-0.15, -0.1) is 0 Å². The average molecular weight is 269 g/mol. The highest BCUT2D eigenvalue weighted by molar-refractivity contribution is 5.76. The van der Waals surface area contributed by atoms with Crippen LogP contribution in [0.4, 0.5) is 0 Å². The molecule has 1 amide bonds. The van der Waals surface area contributed by atoms with Crippen molar-refractivity contribution in [3.05, 3.63) is 0 Å². The van der Waals surface area contributed by atoms with Gasteiger partial charge in [-0.1, -0.05) is 6.92 Å². The molecule has 110 valence electrons. The lowest BCUT2D eigenvalue weighted by Crippen LogP contribution is -2.47. The number of rotatable bonds is 5. The lowest BCUT2D eigenvalue weighted by Gasteiger charge is -2.39. The maximum absolute atomic E-state index is 12.2. The Bertz CT molecular complexity index is 302. The molecule has 0 aromatic heterocycles. The first kappa shape index (κ1) is 14.8. The Kier molecular flexibility index (Phi) is 5.22. The minimum atomic E-state index is -0.222. The summed E-state index contributed by atoms with van der Waals surface area (Å²) in [6.07, 6.45) is 4.57. The number of nitrogens with zero attached hydrogens (tertiary/aromatic N) is 1.